The van der Waals surface area contributed by atoms with E-state index in [-0.39, 0.29) is 26.8 Å². The molecule has 0 radical (unpaired) electrons. The summed E-state index contributed by atoms with van der Waals surface area (Å²) in [6, 6.07) is 14.6. The van der Waals surface area contributed by atoms with E-state index in [1.54, 1.807) is 18.2 Å². The van der Waals surface area contributed by atoms with Gasteiger partial charge in [-0.1, -0.05) is 18.2 Å². The SMILES string of the molecule is COC(=O)c1ccc(S(=O)(=O)c2ccccc2)c(NC(=O)c2ccco2)c1. The van der Waals surface area contributed by atoms with Crippen LogP contribution in [0.15, 0.2) is 81.1 Å². The third kappa shape index (κ3) is 3.75. The zero-order valence-corrected chi connectivity index (χ0v) is 15.0. The van der Waals surface area contributed by atoms with Crippen molar-refractivity contribution in [3.05, 3.63) is 78.3 Å². The molecule has 3 rings (SSSR count). The number of furan rings is 1. The highest BCUT2D eigenvalue weighted by molar-refractivity contribution is 7.91. The van der Waals surface area contributed by atoms with Crippen LogP contribution in [0.5, 0.6) is 0 Å². The minimum Gasteiger partial charge on any atom is -0.465 e. The van der Waals surface area contributed by atoms with Gasteiger partial charge in [0.15, 0.2) is 5.76 Å². The molecule has 1 amide bonds. The molecule has 0 atom stereocenters. The monoisotopic (exact) mass is 385 g/mol. The number of methoxy groups -OCH3 is 1. The van der Waals surface area contributed by atoms with Gasteiger partial charge in [-0.15, -0.1) is 0 Å². The van der Waals surface area contributed by atoms with E-state index in [0.717, 1.165) is 0 Å². The van der Waals surface area contributed by atoms with E-state index in [4.69, 9.17) is 4.42 Å². The third-order valence-electron chi connectivity index (χ3n) is 3.74. The first-order valence-corrected chi connectivity index (χ1v) is 9.29. The van der Waals surface area contributed by atoms with Crippen LogP contribution < -0.4 is 5.32 Å². The van der Waals surface area contributed by atoms with Gasteiger partial charge in [0.2, 0.25) is 9.84 Å². The molecule has 0 fully saturated rings. The van der Waals surface area contributed by atoms with Crippen LogP contribution in [0.1, 0.15) is 20.9 Å². The van der Waals surface area contributed by atoms with Crippen LogP contribution in [-0.4, -0.2) is 27.4 Å². The van der Waals surface area contributed by atoms with Gasteiger partial charge < -0.3 is 14.5 Å². The largest absolute Gasteiger partial charge is 0.465 e. The Morgan fingerprint density at radius 2 is 1.74 bits per heavy atom. The molecule has 0 aliphatic heterocycles. The van der Waals surface area contributed by atoms with Crippen LogP contribution in [0.4, 0.5) is 5.69 Å². The lowest BCUT2D eigenvalue weighted by Gasteiger charge is -2.13. The molecule has 0 aliphatic rings. The molecule has 1 heterocycles. The Bertz CT molecular complexity index is 1070. The maximum Gasteiger partial charge on any atom is 0.337 e. The number of esters is 1. The summed E-state index contributed by atoms with van der Waals surface area (Å²) in [6.45, 7) is 0. The van der Waals surface area contributed by atoms with E-state index in [1.807, 2.05) is 0 Å². The fourth-order valence-electron chi connectivity index (χ4n) is 2.43. The van der Waals surface area contributed by atoms with Gasteiger partial charge in [-0.25, -0.2) is 13.2 Å². The van der Waals surface area contributed by atoms with E-state index < -0.39 is 21.7 Å². The Morgan fingerprint density at radius 1 is 1.00 bits per heavy atom. The van der Waals surface area contributed by atoms with Crippen molar-refractivity contribution < 1.29 is 27.2 Å². The summed E-state index contributed by atoms with van der Waals surface area (Å²) in [6.07, 6.45) is 1.32. The first kappa shape index (κ1) is 18.4. The molecule has 0 bridgehead atoms. The summed E-state index contributed by atoms with van der Waals surface area (Å²) < 4.78 is 35.6. The molecule has 3 aromatic rings. The number of carbonyl (C=O) groups excluding carboxylic acids is 2. The lowest BCUT2D eigenvalue weighted by Crippen LogP contribution is -2.15. The second kappa shape index (κ2) is 7.46. The maximum absolute atomic E-state index is 13.0. The van der Waals surface area contributed by atoms with Gasteiger partial charge >= 0.3 is 5.97 Å². The summed E-state index contributed by atoms with van der Waals surface area (Å²) >= 11 is 0. The number of benzene rings is 2. The molecule has 0 saturated heterocycles. The summed E-state index contributed by atoms with van der Waals surface area (Å²) in [5.41, 5.74) is 0.0439. The van der Waals surface area contributed by atoms with Gasteiger partial charge in [0, 0.05) is 0 Å². The Hall–Kier alpha value is -3.39. The molecule has 0 saturated carbocycles. The number of rotatable bonds is 5. The molecule has 138 valence electrons. The molecule has 0 spiro atoms. The van der Waals surface area contributed by atoms with Crippen molar-refractivity contribution in [1.29, 1.82) is 0 Å². The van der Waals surface area contributed by atoms with Crippen molar-refractivity contribution in [2.75, 3.05) is 12.4 Å². The zero-order valence-electron chi connectivity index (χ0n) is 14.2. The number of sulfone groups is 1. The van der Waals surface area contributed by atoms with Crippen molar-refractivity contribution in [2.24, 2.45) is 0 Å². The predicted molar refractivity (Wildman–Crippen MR) is 96.3 cm³/mol. The minimum absolute atomic E-state index is 0.00142. The Kier molecular flexibility index (Phi) is 5.09. The average molecular weight is 385 g/mol. The highest BCUT2D eigenvalue weighted by Gasteiger charge is 2.24. The van der Waals surface area contributed by atoms with Gasteiger partial charge in [-0.2, -0.15) is 0 Å². The van der Waals surface area contributed by atoms with Crippen LogP contribution in [0.3, 0.4) is 0 Å². The van der Waals surface area contributed by atoms with Crippen molar-refractivity contribution in [3.8, 4) is 0 Å². The molecule has 0 aliphatic carbocycles. The standard InChI is InChI=1S/C19H15NO6S/c1-25-19(22)13-9-10-17(27(23,24)14-6-3-2-4-7-14)15(12-13)20-18(21)16-8-5-11-26-16/h2-12H,1H3,(H,20,21). The Balaban J connectivity index is 2.10. The number of ether oxygens (including phenoxy) is 1. The van der Waals surface area contributed by atoms with E-state index in [1.165, 1.54) is 55.8 Å². The molecule has 8 heteroatoms. The molecule has 1 aromatic heterocycles. The summed E-state index contributed by atoms with van der Waals surface area (Å²) in [7, 11) is -2.72. The molecule has 2 aromatic carbocycles. The van der Waals surface area contributed by atoms with Gasteiger partial charge in [0.25, 0.3) is 5.91 Å². The normalized spacial score (nSPS) is 11.0. The predicted octanol–water partition coefficient (Wildman–Crippen LogP) is 3.15. The molecule has 1 N–H and O–H groups in total. The van der Waals surface area contributed by atoms with Crippen molar-refractivity contribution in [1.82, 2.24) is 0 Å². The number of amides is 1. The maximum atomic E-state index is 13.0. The number of hydrogen-bond acceptors (Lipinski definition) is 6. The molecule has 0 unspecified atom stereocenters. The first-order chi connectivity index (χ1) is 12.9. The van der Waals surface area contributed by atoms with E-state index >= 15 is 0 Å². The van der Waals surface area contributed by atoms with Crippen molar-refractivity contribution >= 4 is 27.4 Å². The van der Waals surface area contributed by atoms with Gasteiger partial charge in [-0.05, 0) is 42.5 Å². The van der Waals surface area contributed by atoms with Gasteiger partial charge in [0.05, 0.1) is 34.4 Å². The Labute approximate surface area is 155 Å². The van der Waals surface area contributed by atoms with Crippen molar-refractivity contribution in [3.63, 3.8) is 0 Å². The second-order valence-electron chi connectivity index (χ2n) is 5.45. The van der Waals surface area contributed by atoms with Crippen LogP contribution in [0.2, 0.25) is 0 Å². The fourth-order valence-corrected chi connectivity index (χ4v) is 3.84. The van der Waals surface area contributed by atoms with Gasteiger partial charge in [-0.3, -0.25) is 4.79 Å². The Morgan fingerprint density at radius 3 is 2.37 bits per heavy atom. The van der Waals surface area contributed by atoms with Crippen LogP contribution >= 0.6 is 0 Å². The lowest BCUT2D eigenvalue weighted by atomic mass is 10.2. The van der Waals surface area contributed by atoms with Gasteiger partial charge in [0.1, 0.15) is 0 Å². The topological polar surface area (TPSA) is 103 Å². The summed E-state index contributed by atoms with van der Waals surface area (Å²) in [5.74, 6) is -1.31. The molecule has 27 heavy (non-hydrogen) atoms. The molecule has 7 nitrogen and oxygen atoms in total. The number of anilines is 1. The van der Waals surface area contributed by atoms with Crippen LogP contribution in [0.25, 0.3) is 0 Å². The zero-order chi connectivity index (χ0) is 19.4. The van der Waals surface area contributed by atoms with E-state index in [9.17, 15) is 18.0 Å². The molecular formula is C19H15NO6S. The number of nitrogens with one attached hydrogen (secondary N) is 1. The van der Waals surface area contributed by atoms with Crippen LogP contribution in [-0.2, 0) is 14.6 Å². The third-order valence-corrected chi connectivity index (χ3v) is 5.56. The smallest absolute Gasteiger partial charge is 0.337 e. The number of carbonyl (C=O) groups is 2. The minimum atomic E-state index is -3.93. The average Bonchev–Trinajstić information content (AvgIpc) is 3.23. The lowest BCUT2D eigenvalue weighted by molar-refractivity contribution is 0.0600. The molecular weight excluding hydrogens is 370 g/mol. The van der Waals surface area contributed by atoms with Crippen molar-refractivity contribution in [2.45, 2.75) is 9.79 Å². The number of hydrogen-bond donors (Lipinski definition) is 1. The van der Waals surface area contributed by atoms with E-state index in [2.05, 4.69) is 10.1 Å². The van der Waals surface area contributed by atoms with Crippen LogP contribution in [0, 0.1) is 0 Å². The highest BCUT2D eigenvalue weighted by Crippen LogP contribution is 2.29. The first-order valence-electron chi connectivity index (χ1n) is 7.81. The quantitative estimate of drug-likeness (QED) is 0.677. The summed E-state index contributed by atoms with van der Waals surface area (Å²) in [4.78, 5) is 24.0. The fraction of sp³-hybridized carbons (Fsp3) is 0.0526. The van der Waals surface area contributed by atoms with E-state index in [0.29, 0.717) is 0 Å². The summed E-state index contributed by atoms with van der Waals surface area (Å²) in [5, 5.41) is 2.49. The second-order valence-corrected chi connectivity index (χ2v) is 7.37. The highest BCUT2D eigenvalue weighted by atomic mass is 32.2.